The number of fused-ring (bicyclic) bond motifs is 10. The summed E-state index contributed by atoms with van der Waals surface area (Å²) >= 11 is 0. The van der Waals surface area contributed by atoms with E-state index in [-0.39, 0.29) is 5.92 Å². The number of aromatic nitrogens is 1. The van der Waals surface area contributed by atoms with Crippen molar-refractivity contribution in [3.63, 3.8) is 0 Å². The maximum absolute atomic E-state index is 4.80. The molecule has 6 aromatic carbocycles. The van der Waals surface area contributed by atoms with E-state index in [0.29, 0.717) is 0 Å². The summed E-state index contributed by atoms with van der Waals surface area (Å²) in [6.45, 7) is 0. The highest BCUT2D eigenvalue weighted by molar-refractivity contribution is 6.23. The molecule has 0 spiro atoms. The monoisotopic (exact) mass is 496 g/mol. The normalized spacial score (nSPS) is 15.2. The lowest BCUT2D eigenvalue weighted by Gasteiger charge is -2.17. The van der Waals surface area contributed by atoms with E-state index < -0.39 is 0 Å². The Bertz CT molecular complexity index is 2150. The first kappa shape index (κ1) is 21.0. The molecule has 2 nitrogen and oxygen atoms in total. The second kappa shape index (κ2) is 7.78. The fourth-order valence-corrected chi connectivity index (χ4v) is 7.15. The van der Waals surface area contributed by atoms with Gasteiger partial charge in [0.15, 0.2) is 0 Å². The van der Waals surface area contributed by atoms with Crippen LogP contribution in [0.15, 0.2) is 126 Å². The van der Waals surface area contributed by atoms with Gasteiger partial charge in [0, 0.05) is 29.3 Å². The van der Waals surface area contributed by atoms with Crippen molar-refractivity contribution in [1.29, 1.82) is 0 Å². The quantitative estimate of drug-likeness (QED) is 0.227. The SMILES string of the molecule is C1=Nc2c(cccc2-n2c3ccccc3c3c4ccc5c(c4ccc32)C(c2ccccc2)c2ccccc2-5)C1. The summed E-state index contributed by atoms with van der Waals surface area (Å²) in [6.07, 6.45) is 2.93. The molecule has 2 heterocycles. The number of para-hydroxylation sites is 2. The Balaban J connectivity index is 1.41. The van der Waals surface area contributed by atoms with Gasteiger partial charge in [0.2, 0.25) is 0 Å². The van der Waals surface area contributed by atoms with Gasteiger partial charge in [0.1, 0.15) is 0 Å². The van der Waals surface area contributed by atoms with Crippen molar-refractivity contribution in [1.82, 2.24) is 4.57 Å². The molecule has 0 saturated carbocycles. The molecule has 2 heteroatoms. The zero-order chi connectivity index (χ0) is 25.5. The van der Waals surface area contributed by atoms with Crippen LogP contribution in [0.4, 0.5) is 5.69 Å². The molecule has 9 rings (SSSR count). The van der Waals surface area contributed by atoms with E-state index in [1.807, 2.05) is 6.21 Å². The van der Waals surface area contributed by atoms with Gasteiger partial charge in [-0.05, 0) is 62.4 Å². The standard InChI is InChI=1S/C37H24N2/c1-2-9-23(10-3-1)34-26-13-5-4-12-25(26)27-17-18-28-29(36(27)34)19-20-32-35(28)30-14-6-7-15-31(30)39(32)33-16-8-11-24-21-22-38-37(24)33/h1-20,22,34H,21H2. The minimum atomic E-state index is 0.221. The van der Waals surface area contributed by atoms with Crippen molar-refractivity contribution in [2.24, 2.45) is 4.99 Å². The zero-order valence-electron chi connectivity index (χ0n) is 21.3. The fourth-order valence-electron chi connectivity index (χ4n) is 7.15. The Labute approximate surface area is 226 Å². The van der Waals surface area contributed by atoms with Crippen molar-refractivity contribution in [2.75, 3.05) is 0 Å². The summed E-state index contributed by atoms with van der Waals surface area (Å²) in [7, 11) is 0. The molecule has 182 valence electrons. The Hall–Kier alpha value is -4.95. The molecule has 2 aliphatic rings. The summed E-state index contributed by atoms with van der Waals surface area (Å²) in [5.74, 6) is 0.221. The third-order valence-corrected chi connectivity index (χ3v) is 8.73. The molecule has 1 aromatic heterocycles. The highest BCUT2D eigenvalue weighted by Gasteiger charge is 2.32. The van der Waals surface area contributed by atoms with Crippen LogP contribution in [0, 0.1) is 0 Å². The van der Waals surface area contributed by atoms with Crippen LogP contribution in [0.5, 0.6) is 0 Å². The average Bonchev–Trinajstić information content (AvgIpc) is 3.70. The number of hydrogen-bond acceptors (Lipinski definition) is 1. The second-order valence-corrected chi connectivity index (χ2v) is 10.7. The van der Waals surface area contributed by atoms with Gasteiger partial charge in [-0.15, -0.1) is 0 Å². The van der Waals surface area contributed by atoms with Crippen LogP contribution < -0.4 is 0 Å². The lowest BCUT2D eigenvalue weighted by Crippen LogP contribution is -2.00. The topological polar surface area (TPSA) is 17.3 Å². The number of rotatable bonds is 2. The fraction of sp³-hybridized carbons (Fsp3) is 0.0541. The van der Waals surface area contributed by atoms with E-state index >= 15 is 0 Å². The first-order valence-electron chi connectivity index (χ1n) is 13.7. The third kappa shape index (κ3) is 2.78. The highest BCUT2D eigenvalue weighted by atomic mass is 15.0. The predicted molar refractivity (Wildman–Crippen MR) is 163 cm³/mol. The van der Waals surface area contributed by atoms with Crippen LogP contribution in [-0.4, -0.2) is 10.8 Å². The van der Waals surface area contributed by atoms with Crippen molar-refractivity contribution in [3.8, 4) is 16.8 Å². The summed E-state index contributed by atoms with van der Waals surface area (Å²) in [5.41, 5.74) is 12.8. The minimum absolute atomic E-state index is 0.221. The van der Waals surface area contributed by atoms with Crippen molar-refractivity contribution in [3.05, 3.63) is 144 Å². The molecule has 0 amide bonds. The molecular weight excluding hydrogens is 472 g/mol. The van der Waals surface area contributed by atoms with Gasteiger partial charge in [-0.25, -0.2) is 0 Å². The Morgan fingerprint density at radius 1 is 0.590 bits per heavy atom. The van der Waals surface area contributed by atoms with Crippen LogP contribution in [-0.2, 0) is 6.42 Å². The van der Waals surface area contributed by atoms with E-state index in [2.05, 4.69) is 126 Å². The van der Waals surface area contributed by atoms with Crippen molar-refractivity contribution < 1.29 is 0 Å². The van der Waals surface area contributed by atoms with Gasteiger partial charge in [-0.1, -0.05) is 103 Å². The molecular formula is C37H24N2. The molecule has 39 heavy (non-hydrogen) atoms. The van der Waals surface area contributed by atoms with Gasteiger partial charge in [0.05, 0.1) is 22.4 Å². The number of hydrogen-bond donors (Lipinski definition) is 0. The zero-order valence-corrected chi connectivity index (χ0v) is 21.3. The van der Waals surface area contributed by atoms with E-state index in [4.69, 9.17) is 4.99 Å². The molecule has 1 atom stereocenters. The van der Waals surface area contributed by atoms with Crippen molar-refractivity contribution in [2.45, 2.75) is 12.3 Å². The molecule has 0 bridgehead atoms. The first-order valence-corrected chi connectivity index (χ1v) is 13.7. The van der Waals surface area contributed by atoms with Gasteiger partial charge >= 0.3 is 0 Å². The van der Waals surface area contributed by atoms with Gasteiger partial charge in [-0.2, -0.15) is 0 Å². The first-order chi connectivity index (χ1) is 19.4. The molecule has 0 radical (unpaired) electrons. The van der Waals surface area contributed by atoms with E-state index in [0.717, 1.165) is 17.8 Å². The molecule has 7 aromatic rings. The molecule has 1 unspecified atom stereocenters. The summed E-state index contributed by atoms with van der Waals surface area (Å²) in [5, 5.41) is 5.24. The van der Waals surface area contributed by atoms with E-state index in [9.17, 15) is 0 Å². The van der Waals surface area contributed by atoms with Crippen LogP contribution in [0.3, 0.4) is 0 Å². The number of benzene rings is 6. The molecule has 1 aliphatic heterocycles. The van der Waals surface area contributed by atoms with Crippen LogP contribution in [0.25, 0.3) is 49.4 Å². The van der Waals surface area contributed by atoms with Gasteiger partial charge in [0.25, 0.3) is 0 Å². The largest absolute Gasteiger partial charge is 0.307 e. The number of aliphatic imine (C=N–C) groups is 1. The smallest absolute Gasteiger partial charge is 0.0901 e. The average molecular weight is 497 g/mol. The summed E-state index contributed by atoms with van der Waals surface area (Å²) < 4.78 is 2.42. The lowest BCUT2D eigenvalue weighted by molar-refractivity contribution is 1.03. The maximum atomic E-state index is 4.80. The third-order valence-electron chi connectivity index (χ3n) is 8.73. The molecule has 0 fully saturated rings. The van der Waals surface area contributed by atoms with Crippen LogP contribution in [0.2, 0.25) is 0 Å². The predicted octanol–water partition coefficient (Wildman–Crippen LogP) is 9.36. The lowest BCUT2D eigenvalue weighted by atomic mass is 9.86. The Kier molecular flexibility index (Phi) is 4.20. The van der Waals surface area contributed by atoms with Gasteiger partial charge < -0.3 is 4.57 Å². The summed E-state index contributed by atoms with van der Waals surface area (Å²) in [6, 6.07) is 44.7. The van der Waals surface area contributed by atoms with Crippen LogP contribution >= 0.6 is 0 Å². The number of nitrogens with zero attached hydrogens (tertiary/aromatic N) is 2. The Morgan fingerprint density at radius 2 is 1.41 bits per heavy atom. The second-order valence-electron chi connectivity index (χ2n) is 10.7. The van der Waals surface area contributed by atoms with Crippen molar-refractivity contribution >= 4 is 44.5 Å². The minimum Gasteiger partial charge on any atom is -0.307 e. The molecule has 0 saturated heterocycles. The van der Waals surface area contributed by atoms with E-state index in [1.165, 1.54) is 66.0 Å². The van der Waals surface area contributed by atoms with E-state index in [1.54, 1.807) is 0 Å². The molecule has 0 N–H and O–H groups in total. The van der Waals surface area contributed by atoms with Crippen LogP contribution in [0.1, 0.15) is 28.2 Å². The summed E-state index contributed by atoms with van der Waals surface area (Å²) in [4.78, 5) is 4.80. The molecule has 1 aliphatic carbocycles. The maximum Gasteiger partial charge on any atom is 0.0901 e. The highest BCUT2D eigenvalue weighted by Crippen LogP contribution is 2.52. The van der Waals surface area contributed by atoms with Gasteiger partial charge in [-0.3, -0.25) is 4.99 Å². The Morgan fingerprint density at radius 3 is 2.36 bits per heavy atom.